The maximum atomic E-state index is 4.90. The molecule has 0 aromatic heterocycles. The van der Waals surface area contributed by atoms with Crippen LogP contribution in [0.15, 0.2) is 10.1 Å². The zero-order valence-electron chi connectivity index (χ0n) is 5.63. The van der Waals surface area contributed by atoms with Gasteiger partial charge in [0.15, 0.2) is 0 Å². The maximum absolute atomic E-state index is 4.90. The van der Waals surface area contributed by atoms with Crippen molar-refractivity contribution >= 4 is 12.6 Å². The fourth-order valence-corrected chi connectivity index (χ4v) is 0.268. The molecular formula is C6H9N3. The smallest absolute Gasteiger partial charge is 0.132 e. The predicted molar refractivity (Wildman–Crippen MR) is 39.3 cm³/mol. The number of nitrogens with zero attached hydrogens (tertiary/aromatic N) is 3. The first-order valence-electron chi connectivity index (χ1n) is 2.42. The van der Waals surface area contributed by atoms with Gasteiger partial charge in [-0.05, 0) is 6.92 Å². The second kappa shape index (κ2) is 3.67. The van der Waals surface area contributed by atoms with Crippen LogP contribution in [0.1, 0.15) is 6.92 Å². The summed E-state index contributed by atoms with van der Waals surface area (Å²) >= 11 is 0. The van der Waals surface area contributed by atoms with E-state index in [2.05, 4.69) is 22.9 Å². The third-order valence-corrected chi connectivity index (χ3v) is 0.907. The van der Waals surface area contributed by atoms with Crippen molar-refractivity contribution in [1.82, 2.24) is 5.01 Å². The highest BCUT2D eigenvalue weighted by Crippen LogP contribution is 1.84. The summed E-state index contributed by atoms with van der Waals surface area (Å²) in [4.78, 5) is 3.63. The van der Waals surface area contributed by atoms with Crippen LogP contribution in [0.3, 0.4) is 0 Å². The summed E-state index contributed by atoms with van der Waals surface area (Å²) in [5.41, 5.74) is 0. The van der Waals surface area contributed by atoms with Gasteiger partial charge in [-0.3, -0.25) is 5.01 Å². The number of hydrogen-bond acceptors (Lipinski definition) is 2. The van der Waals surface area contributed by atoms with Gasteiger partial charge in [-0.2, -0.15) is 10.1 Å². The van der Waals surface area contributed by atoms with E-state index in [9.17, 15) is 0 Å². The molecule has 0 aliphatic carbocycles. The monoisotopic (exact) mass is 123 g/mol. The molecule has 0 unspecified atom stereocenters. The molecule has 0 fully saturated rings. The number of aliphatic imine (C=N–C) groups is 1. The summed E-state index contributed by atoms with van der Waals surface area (Å²) in [6, 6.07) is 2.14. The van der Waals surface area contributed by atoms with Gasteiger partial charge in [0.05, 0.1) is 0 Å². The summed E-state index contributed by atoms with van der Waals surface area (Å²) in [5.74, 6) is 0.660. The van der Waals surface area contributed by atoms with Gasteiger partial charge in [-0.1, -0.05) is 6.42 Å². The molecule has 0 rings (SSSR count). The molecule has 0 aliphatic heterocycles. The minimum atomic E-state index is 0.660. The highest BCUT2D eigenvalue weighted by Gasteiger charge is 1.91. The summed E-state index contributed by atoms with van der Waals surface area (Å²) in [6.45, 7) is 5.05. The third kappa shape index (κ3) is 2.50. The minimum Gasteiger partial charge on any atom is -0.255 e. The van der Waals surface area contributed by atoms with Crippen LogP contribution in [0.25, 0.3) is 0 Å². The molecule has 0 amide bonds. The van der Waals surface area contributed by atoms with E-state index < -0.39 is 0 Å². The van der Waals surface area contributed by atoms with E-state index in [-0.39, 0.29) is 0 Å². The van der Waals surface area contributed by atoms with Gasteiger partial charge in [-0.25, -0.2) is 0 Å². The molecule has 9 heavy (non-hydrogen) atoms. The van der Waals surface area contributed by atoms with Crippen LogP contribution < -0.4 is 0 Å². The van der Waals surface area contributed by atoms with E-state index >= 15 is 0 Å². The van der Waals surface area contributed by atoms with Gasteiger partial charge >= 0.3 is 0 Å². The zero-order valence-corrected chi connectivity index (χ0v) is 5.63. The Morgan fingerprint density at radius 3 is 2.67 bits per heavy atom. The average Bonchev–Trinajstić information content (AvgIpc) is 1.87. The number of hydrogen-bond donors (Lipinski definition) is 0. The molecule has 0 aromatic rings. The lowest BCUT2D eigenvalue weighted by atomic mass is 10.6. The fourth-order valence-electron chi connectivity index (χ4n) is 0.268. The van der Waals surface area contributed by atoms with E-state index in [4.69, 9.17) is 6.42 Å². The quantitative estimate of drug-likeness (QED) is 0.216. The van der Waals surface area contributed by atoms with Crippen molar-refractivity contribution in [3.8, 4) is 12.5 Å². The average molecular weight is 123 g/mol. The molecule has 0 saturated carbocycles. The molecule has 0 heterocycles. The van der Waals surface area contributed by atoms with Crippen LogP contribution in [-0.2, 0) is 0 Å². The summed E-state index contributed by atoms with van der Waals surface area (Å²) in [7, 11) is 1.73. The van der Waals surface area contributed by atoms with Gasteiger partial charge < -0.3 is 0 Å². The van der Waals surface area contributed by atoms with E-state index in [1.807, 2.05) is 0 Å². The SMILES string of the molecule is C#CN=C(C)N(C)N=C. The molecule has 0 atom stereocenters. The molecule has 3 nitrogen and oxygen atoms in total. The Hall–Kier alpha value is -1.30. The molecule has 0 aromatic carbocycles. The lowest BCUT2D eigenvalue weighted by molar-refractivity contribution is 0.546. The first-order chi connectivity index (χ1) is 4.22. The van der Waals surface area contributed by atoms with Gasteiger partial charge in [0.1, 0.15) is 5.84 Å². The third-order valence-electron chi connectivity index (χ3n) is 0.907. The number of hydrazone groups is 1. The summed E-state index contributed by atoms with van der Waals surface area (Å²) in [6.07, 6.45) is 4.90. The molecule has 0 bridgehead atoms. The molecule has 0 spiro atoms. The minimum absolute atomic E-state index is 0.660. The second-order valence-corrected chi connectivity index (χ2v) is 1.45. The normalized spacial score (nSPS) is 10.1. The molecular weight excluding hydrogens is 114 g/mol. The molecule has 0 N–H and O–H groups in total. The number of amidine groups is 1. The highest BCUT2D eigenvalue weighted by atomic mass is 15.4. The Kier molecular flexibility index (Phi) is 3.14. The highest BCUT2D eigenvalue weighted by molar-refractivity contribution is 5.80. The van der Waals surface area contributed by atoms with Gasteiger partial charge in [-0.15, -0.1) is 0 Å². The summed E-state index contributed by atoms with van der Waals surface area (Å²) in [5, 5.41) is 5.06. The standard InChI is InChI=1S/C6H9N3/c1-5-8-6(2)9(4)7-3/h1H,3H2,2,4H3. The second-order valence-electron chi connectivity index (χ2n) is 1.45. The van der Waals surface area contributed by atoms with Crippen molar-refractivity contribution < 1.29 is 0 Å². The largest absolute Gasteiger partial charge is 0.255 e. The van der Waals surface area contributed by atoms with Gasteiger partial charge in [0.2, 0.25) is 0 Å². The topological polar surface area (TPSA) is 28.0 Å². The number of rotatable bonds is 1. The molecule has 48 valence electrons. The Balaban J connectivity index is 4.05. The van der Waals surface area contributed by atoms with Crippen LogP contribution in [0.2, 0.25) is 0 Å². The van der Waals surface area contributed by atoms with Crippen molar-refractivity contribution in [3.05, 3.63) is 0 Å². The Bertz CT molecular complexity index is 164. The molecule has 3 heteroatoms. The van der Waals surface area contributed by atoms with Crippen LogP contribution >= 0.6 is 0 Å². The lowest BCUT2D eigenvalue weighted by Gasteiger charge is -2.07. The maximum Gasteiger partial charge on any atom is 0.132 e. The Morgan fingerprint density at radius 1 is 1.78 bits per heavy atom. The van der Waals surface area contributed by atoms with Crippen LogP contribution in [0.5, 0.6) is 0 Å². The van der Waals surface area contributed by atoms with Crippen molar-refractivity contribution in [2.24, 2.45) is 10.1 Å². The van der Waals surface area contributed by atoms with E-state index in [1.54, 1.807) is 14.0 Å². The van der Waals surface area contributed by atoms with Gasteiger partial charge in [0.25, 0.3) is 0 Å². The molecule has 0 aliphatic rings. The van der Waals surface area contributed by atoms with E-state index in [0.717, 1.165) is 0 Å². The first kappa shape index (κ1) is 7.70. The fraction of sp³-hybridized carbons (Fsp3) is 0.333. The van der Waals surface area contributed by atoms with E-state index in [0.29, 0.717) is 5.84 Å². The van der Waals surface area contributed by atoms with Crippen LogP contribution in [0, 0.1) is 12.5 Å². The van der Waals surface area contributed by atoms with Crippen LogP contribution in [0.4, 0.5) is 0 Å². The van der Waals surface area contributed by atoms with Gasteiger partial charge in [0, 0.05) is 19.8 Å². The first-order valence-corrected chi connectivity index (χ1v) is 2.42. The molecule has 0 saturated heterocycles. The predicted octanol–water partition coefficient (Wildman–Crippen LogP) is 0.543. The molecule has 0 radical (unpaired) electrons. The number of terminal acetylenes is 1. The van der Waals surface area contributed by atoms with Crippen molar-refractivity contribution in [3.63, 3.8) is 0 Å². The Labute approximate surface area is 55.1 Å². The lowest BCUT2D eigenvalue weighted by Crippen LogP contribution is -2.16. The van der Waals surface area contributed by atoms with E-state index in [1.165, 1.54) is 5.01 Å². The summed E-state index contributed by atoms with van der Waals surface area (Å²) < 4.78 is 0. The van der Waals surface area contributed by atoms with Crippen LogP contribution in [-0.4, -0.2) is 24.6 Å². The van der Waals surface area contributed by atoms with Crippen molar-refractivity contribution in [1.29, 1.82) is 0 Å². The van der Waals surface area contributed by atoms with Crippen molar-refractivity contribution in [2.45, 2.75) is 6.92 Å². The Morgan fingerprint density at radius 2 is 2.33 bits per heavy atom. The zero-order chi connectivity index (χ0) is 7.28. The van der Waals surface area contributed by atoms with Crippen molar-refractivity contribution in [2.75, 3.05) is 7.05 Å².